The zero-order valence-corrected chi connectivity index (χ0v) is 18.9. The Bertz CT molecular complexity index is 1490. The molecule has 2 aromatic carbocycles. The van der Waals surface area contributed by atoms with Gasteiger partial charge in [-0.15, -0.1) is 0 Å². The van der Waals surface area contributed by atoms with Crippen LogP contribution in [0.15, 0.2) is 24.4 Å². The first-order chi connectivity index (χ1) is 15.4. The molecule has 32 heavy (non-hydrogen) atoms. The molecule has 0 saturated carbocycles. The molecular formula is C26H26N4O2. The maximum absolute atomic E-state index is 13.1. The summed E-state index contributed by atoms with van der Waals surface area (Å²) in [6.45, 7) is 7.46. The summed E-state index contributed by atoms with van der Waals surface area (Å²) in [4.78, 5) is 25.3. The van der Waals surface area contributed by atoms with Crippen molar-refractivity contribution in [3.63, 3.8) is 0 Å². The summed E-state index contributed by atoms with van der Waals surface area (Å²) in [6, 6.07) is 6.02. The summed E-state index contributed by atoms with van der Waals surface area (Å²) in [5, 5.41) is 9.79. The highest BCUT2D eigenvalue weighted by molar-refractivity contribution is 6.20. The van der Waals surface area contributed by atoms with Crippen molar-refractivity contribution in [3.05, 3.63) is 52.3 Å². The zero-order valence-electron chi connectivity index (χ0n) is 18.9. The number of carbonyl (C=O) groups excluding carboxylic acids is 2. The van der Waals surface area contributed by atoms with E-state index in [-0.39, 0.29) is 11.7 Å². The van der Waals surface area contributed by atoms with Gasteiger partial charge >= 0.3 is 0 Å². The molecule has 1 amide bonds. The van der Waals surface area contributed by atoms with Crippen LogP contribution in [0.2, 0.25) is 0 Å². The zero-order chi connectivity index (χ0) is 22.3. The van der Waals surface area contributed by atoms with Gasteiger partial charge in [0, 0.05) is 58.8 Å². The average Bonchev–Trinajstić information content (AvgIpc) is 3.42. The second-order valence-corrected chi connectivity index (χ2v) is 9.53. The number of fused-ring (bicyclic) bond motifs is 10. The van der Waals surface area contributed by atoms with Crippen molar-refractivity contribution in [2.24, 2.45) is 13.0 Å². The van der Waals surface area contributed by atoms with E-state index in [0.29, 0.717) is 18.0 Å². The third kappa shape index (κ3) is 2.43. The monoisotopic (exact) mass is 426 g/mol. The average molecular weight is 427 g/mol. The number of nitrogens with one attached hydrogen (secondary N) is 1. The van der Waals surface area contributed by atoms with Crippen molar-refractivity contribution < 1.29 is 9.59 Å². The van der Waals surface area contributed by atoms with Crippen LogP contribution in [0.5, 0.6) is 0 Å². The Hall–Kier alpha value is -3.41. The standard InChI is InChI=1S/C26H26N4O2/c1-13(2)12-30-21-7-5-15(14(3)31)9-17(21)23-19-10-27-26(32)24(19)22-16(25(23)30)6-8-20-18(22)11-28-29(20)4/h5,7,9,11,13H,6,8,10,12H2,1-4H3,(H,27,32). The molecule has 2 aromatic heterocycles. The lowest BCUT2D eigenvalue weighted by molar-refractivity contribution is 0.0965. The Morgan fingerprint density at radius 2 is 2.00 bits per heavy atom. The molecule has 6 heteroatoms. The van der Waals surface area contributed by atoms with E-state index in [1.54, 1.807) is 6.92 Å². The molecule has 4 aromatic rings. The largest absolute Gasteiger partial charge is 0.348 e. The van der Waals surface area contributed by atoms with Gasteiger partial charge in [-0.1, -0.05) is 13.8 Å². The number of nitrogens with zero attached hydrogens (tertiary/aromatic N) is 3. The van der Waals surface area contributed by atoms with Gasteiger partial charge in [0.2, 0.25) is 0 Å². The lowest BCUT2D eigenvalue weighted by Gasteiger charge is -2.23. The smallest absolute Gasteiger partial charge is 0.252 e. The van der Waals surface area contributed by atoms with Gasteiger partial charge in [-0.3, -0.25) is 14.3 Å². The summed E-state index contributed by atoms with van der Waals surface area (Å²) in [5.41, 5.74) is 9.44. The Morgan fingerprint density at radius 3 is 2.75 bits per heavy atom. The van der Waals surface area contributed by atoms with Gasteiger partial charge in [-0.05, 0) is 55.0 Å². The van der Waals surface area contributed by atoms with Crippen LogP contribution in [0.3, 0.4) is 0 Å². The number of hydrogen-bond donors (Lipinski definition) is 1. The fourth-order valence-electron chi connectivity index (χ4n) is 5.73. The number of aromatic nitrogens is 3. The van der Waals surface area contributed by atoms with E-state index in [1.807, 2.05) is 30.1 Å². The maximum Gasteiger partial charge on any atom is 0.252 e. The molecule has 0 fully saturated rings. The third-order valence-corrected chi connectivity index (χ3v) is 7.05. The molecule has 0 saturated heterocycles. The van der Waals surface area contributed by atoms with E-state index in [4.69, 9.17) is 0 Å². The second kappa shape index (κ2) is 6.55. The molecule has 0 radical (unpaired) electrons. The molecular weight excluding hydrogens is 400 g/mol. The number of amides is 1. The Kier molecular flexibility index (Phi) is 3.95. The quantitative estimate of drug-likeness (QED) is 0.494. The minimum atomic E-state index is -0.0117. The van der Waals surface area contributed by atoms with Gasteiger partial charge < -0.3 is 9.88 Å². The summed E-state index contributed by atoms with van der Waals surface area (Å²) >= 11 is 0. The molecule has 0 unspecified atom stereocenters. The van der Waals surface area contributed by atoms with Crippen molar-refractivity contribution in [2.45, 2.75) is 46.7 Å². The first-order valence-corrected chi connectivity index (χ1v) is 11.3. The van der Waals surface area contributed by atoms with Crippen LogP contribution in [0, 0.1) is 5.92 Å². The number of aryl methyl sites for hydroxylation is 2. The number of benzene rings is 2. The molecule has 1 aliphatic carbocycles. The van der Waals surface area contributed by atoms with Crippen molar-refractivity contribution in [2.75, 3.05) is 0 Å². The summed E-state index contributed by atoms with van der Waals surface area (Å²) < 4.78 is 4.35. The van der Waals surface area contributed by atoms with E-state index >= 15 is 0 Å². The molecule has 1 N–H and O–H groups in total. The molecule has 2 aliphatic rings. The van der Waals surface area contributed by atoms with Gasteiger partial charge in [0.1, 0.15) is 0 Å². The van der Waals surface area contributed by atoms with Crippen LogP contribution in [-0.2, 0) is 33.0 Å². The minimum Gasteiger partial charge on any atom is -0.348 e. The van der Waals surface area contributed by atoms with Gasteiger partial charge in [-0.25, -0.2) is 0 Å². The van der Waals surface area contributed by atoms with Gasteiger partial charge in [0.05, 0.1) is 17.3 Å². The fourth-order valence-corrected chi connectivity index (χ4v) is 5.73. The predicted molar refractivity (Wildman–Crippen MR) is 125 cm³/mol. The van der Waals surface area contributed by atoms with Crippen molar-refractivity contribution in [1.82, 2.24) is 19.7 Å². The second-order valence-electron chi connectivity index (χ2n) is 9.53. The van der Waals surface area contributed by atoms with Crippen LogP contribution in [0.4, 0.5) is 0 Å². The number of ketones is 1. The summed E-state index contributed by atoms with van der Waals surface area (Å²) in [5.74, 6) is 0.505. The molecule has 3 heterocycles. The molecule has 1 aliphatic heterocycles. The van der Waals surface area contributed by atoms with Crippen molar-refractivity contribution >= 4 is 33.5 Å². The van der Waals surface area contributed by atoms with E-state index in [1.165, 1.54) is 16.8 Å². The van der Waals surface area contributed by atoms with E-state index in [0.717, 1.165) is 57.9 Å². The molecule has 6 rings (SSSR count). The van der Waals surface area contributed by atoms with Crippen LogP contribution in [0.1, 0.15) is 58.3 Å². The lowest BCUT2D eigenvalue weighted by Crippen LogP contribution is -2.16. The molecule has 0 bridgehead atoms. The summed E-state index contributed by atoms with van der Waals surface area (Å²) in [6.07, 6.45) is 3.68. The highest BCUT2D eigenvalue weighted by Gasteiger charge is 2.35. The van der Waals surface area contributed by atoms with Gasteiger partial charge in [0.25, 0.3) is 5.91 Å². The lowest BCUT2D eigenvalue weighted by atomic mass is 9.82. The molecule has 0 atom stereocenters. The van der Waals surface area contributed by atoms with Crippen molar-refractivity contribution in [3.8, 4) is 11.1 Å². The van der Waals surface area contributed by atoms with Crippen molar-refractivity contribution in [1.29, 1.82) is 0 Å². The Morgan fingerprint density at radius 1 is 1.19 bits per heavy atom. The molecule has 162 valence electrons. The van der Waals surface area contributed by atoms with Crippen LogP contribution in [-0.4, -0.2) is 26.0 Å². The maximum atomic E-state index is 13.1. The normalized spacial score (nSPS) is 14.7. The SMILES string of the molecule is CC(=O)c1ccc2c(c1)c1c3c(c4c(c1n2CC(C)C)CCc1c-4cnn1C)C(=O)NC3. The third-order valence-electron chi connectivity index (χ3n) is 7.05. The molecule has 6 nitrogen and oxygen atoms in total. The number of rotatable bonds is 3. The first-order valence-electron chi connectivity index (χ1n) is 11.3. The number of hydrogen-bond acceptors (Lipinski definition) is 3. The summed E-state index contributed by atoms with van der Waals surface area (Å²) in [7, 11) is 1.97. The van der Waals surface area contributed by atoms with E-state index in [9.17, 15) is 9.59 Å². The topological polar surface area (TPSA) is 68.9 Å². The van der Waals surface area contributed by atoms with Crippen LogP contribution in [0.25, 0.3) is 32.9 Å². The van der Waals surface area contributed by atoms with Gasteiger partial charge in [-0.2, -0.15) is 5.10 Å². The minimum absolute atomic E-state index is 0.0117. The van der Waals surface area contributed by atoms with Gasteiger partial charge in [0.15, 0.2) is 5.78 Å². The highest BCUT2D eigenvalue weighted by atomic mass is 16.2. The van der Waals surface area contributed by atoms with E-state index < -0.39 is 0 Å². The highest BCUT2D eigenvalue weighted by Crippen LogP contribution is 2.47. The van der Waals surface area contributed by atoms with E-state index in [2.05, 4.69) is 34.9 Å². The molecule has 0 spiro atoms. The van der Waals surface area contributed by atoms with Crippen LogP contribution < -0.4 is 5.32 Å². The Balaban J connectivity index is 1.84. The Labute approximate surface area is 186 Å². The predicted octanol–water partition coefficient (Wildman–Crippen LogP) is 4.40. The van der Waals surface area contributed by atoms with Crippen LogP contribution >= 0.6 is 0 Å². The number of carbonyl (C=O) groups is 2. The fraction of sp³-hybridized carbons (Fsp3) is 0.346. The first kappa shape index (κ1) is 19.3. The number of Topliss-reactive ketones (excluding diaryl/α,β-unsaturated/α-hetero) is 1.